The zero-order valence-electron chi connectivity index (χ0n) is 15.6. The van der Waals surface area contributed by atoms with Gasteiger partial charge in [-0.25, -0.2) is 0 Å². The van der Waals surface area contributed by atoms with Gasteiger partial charge in [-0.1, -0.05) is 38.1 Å². The summed E-state index contributed by atoms with van der Waals surface area (Å²) in [7, 11) is 0. The molecule has 132 valence electrons. The van der Waals surface area contributed by atoms with Gasteiger partial charge in [-0.2, -0.15) is 5.26 Å². The summed E-state index contributed by atoms with van der Waals surface area (Å²) in [5.41, 5.74) is 7.64. The van der Waals surface area contributed by atoms with E-state index in [-0.39, 0.29) is 0 Å². The first-order valence-corrected chi connectivity index (χ1v) is 9.34. The molecule has 0 saturated heterocycles. The van der Waals surface area contributed by atoms with Crippen molar-refractivity contribution in [3.8, 4) is 23.0 Å². The van der Waals surface area contributed by atoms with Gasteiger partial charge in [0.1, 0.15) is 0 Å². The van der Waals surface area contributed by atoms with Crippen molar-refractivity contribution in [1.82, 2.24) is 9.55 Å². The van der Waals surface area contributed by atoms with Crippen molar-refractivity contribution in [2.24, 2.45) is 0 Å². The average molecular weight is 351 g/mol. The molecule has 0 spiro atoms. The predicted molar refractivity (Wildman–Crippen MR) is 110 cm³/mol. The highest BCUT2D eigenvalue weighted by molar-refractivity contribution is 5.86. The zero-order valence-corrected chi connectivity index (χ0v) is 15.6. The van der Waals surface area contributed by atoms with Crippen LogP contribution in [0.15, 0.2) is 67.0 Å². The average Bonchev–Trinajstić information content (AvgIpc) is 3.16. The van der Waals surface area contributed by atoms with Gasteiger partial charge in [-0.15, -0.1) is 0 Å². The van der Waals surface area contributed by atoms with Crippen molar-refractivity contribution >= 4 is 10.9 Å². The predicted octanol–water partition coefficient (Wildman–Crippen LogP) is 5.69. The Morgan fingerprint density at radius 1 is 0.963 bits per heavy atom. The summed E-state index contributed by atoms with van der Waals surface area (Å²) in [6.45, 7) is 4.38. The summed E-state index contributed by atoms with van der Waals surface area (Å²) >= 11 is 0. The first kappa shape index (κ1) is 17.1. The number of fused-ring (bicyclic) bond motifs is 1. The van der Waals surface area contributed by atoms with E-state index >= 15 is 0 Å². The van der Waals surface area contributed by atoms with Gasteiger partial charge in [-0.05, 0) is 54.3 Å². The van der Waals surface area contributed by atoms with Gasteiger partial charge < -0.3 is 4.57 Å². The maximum absolute atomic E-state index is 9.16. The smallest absolute Gasteiger partial charge is 0.0992 e. The standard InChI is InChI=1S/C24H21N3/c1-3-18-8-6-9-19(4-2)24(18)22-14-20-11-12-27(23(20)16-26-22)21-10-5-7-17(13-21)15-25/h5-14,16H,3-4H2,1-2H3. The summed E-state index contributed by atoms with van der Waals surface area (Å²) in [5, 5.41) is 10.3. The van der Waals surface area contributed by atoms with Crippen LogP contribution in [-0.2, 0) is 12.8 Å². The van der Waals surface area contributed by atoms with E-state index in [0.29, 0.717) is 5.56 Å². The van der Waals surface area contributed by atoms with Crippen LogP contribution in [0.2, 0.25) is 0 Å². The monoisotopic (exact) mass is 351 g/mol. The van der Waals surface area contributed by atoms with Crippen molar-refractivity contribution < 1.29 is 0 Å². The molecule has 3 heteroatoms. The minimum atomic E-state index is 0.656. The summed E-state index contributed by atoms with van der Waals surface area (Å²) < 4.78 is 2.08. The summed E-state index contributed by atoms with van der Waals surface area (Å²) in [6.07, 6.45) is 5.96. The van der Waals surface area contributed by atoms with E-state index in [2.05, 4.69) is 54.8 Å². The third-order valence-corrected chi connectivity index (χ3v) is 5.09. The molecule has 2 aromatic heterocycles. The fourth-order valence-corrected chi connectivity index (χ4v) is 3.69. The molecule has 0 aliphatic heterocycles. The quantitative estimate of drug-likeness (QED) is 0.474. The maximum Gasteiger partial charge on any atom is 0.0992 e. The van der Waals surface area contributed by atoms with E-state index < -0.39 is 0 Å². The van der Waals surface area contributed by atoms with Gasteiger partial charge in [0.15, 0.2) is 0 Å². The van der Waals surface area contributed by atoms with E-state index in [4.69, 9.17) is 10.2 Å². The molecule has 0 unspecified atom stereocenters. The largest absolute Gasteiger partial charge is 0.315 e. The van der Waals surface area contributed by atoms with Gasteiger partial charge in [0.05, 0.1) is 29.0 Å². The number of hydrogen-bond acceptors (Lipinski definition) is 2. The van der Waals surface area contributed by atoms with E-state index in [1.807, 2.05) is 36.7 Å². The lowest BCUT2D eigenvalue weighted by molar-refractivity contribution is 1.08. The third-order valence-electron chi connectivity index (χ3n) is 5.09. The Kier molecular flexibility index (Phi) is 4.48. The highest BCUT2D eigenvalue weighted by atomic mass is 15.0. The van der Waals surface area contributed by atoms with Gasteiger partial charge >= 0.3 is 0 Å². The van der Waals surface area contributed by atoms with Gasteiger partial charge in [0.25, 0.3) is 0 Å². The first-order chi connectivity index (χ1) is 13.2. The third kappa shape index (κ3) is 3.00. The van der Waals surface area contributed by atoms with Crippen molar-refractivity contribution in [2.75, 3.05) is 0 Å². The normalized spacial score (nSPS) is 10.9. The highest BCUT2D eigenvalue weighted by Crippen LogP contribution is 2.30. The van der Waals surface area contributed by atoms with Crippen LogP contribution in [-0.4, -0.2) is 9.55 Å². The van der Waals surface area contributed by atoms with Crippen LogP contribution >= 0.6 is 0 Å². The molecule has 0 atom stereocenters. The number of pyridine rings is 1. The summed E-state index contributed by atoms with van der Waals surface area (Å²) in [4.78, 5) is 4.81. The lowest BCUT2D eigenvalue weighted by atomic mass is 9.94. The van der Waals surface area contributed by atoms with Crippen LogP contribution in [0.3, 0.4) is 0 Å². The molecule has 0 aliphatic carbocycles. The molecular weight excluding hydrogens is 330 g/mol. The van der Waals surface area contributed by atoms with E-state index in [1.165, 1.54) is 16.7 Å². The molecule has 0 amide bonds. The Morgan fingerprint density at radius 3 is 2.41 bits per heavy atom. The fraction of sp³-hybridized carbons (Fsp3) is 0.167. The Morgan fingerprint density at radius 2 is 1.70 bits per heavy atom. The van der Waals surface area contributed by atoms with Gasteiger partial charge in [0.2, 0.25) is 0 Å². The minimum Gasteiger partial charge on any atom is -0.315 e. The molecule has 0 N–H and O–H groups in total. The van der Waals surface area contributed by atoms with Crippen LogP contribution in [0.1, 0.15) is 30.5 Å². The molecule has 4 aromatic rings. The molecule has 0 fully saturated rings. The van der Waals surface area contributed by atoms with Crippen LogP contribution in [0.5, 0.6) is 0 Å². The maximum atomic E-state index is 9.16. The van der Waals surface area contributed by atoms with E-state index in [1.54, 1.807) is 0 Å². The fourth-order valence-electron chi connectivity index (χ4n) is 3.69. The second-order valence-corrected chi connectivity index (χ2v) is 6.63. The molecule has 4 rings (SSSR count). The SMILES string of the molecule is CCc1cccc(CC)c1-c1cc2ccn(-c3cccc(C#N)c3)c2cn1. The van der Waals surface area contributed by atoms with Gasteiger partial charge in [-0.3, -0.25) is 4.98 Å². The number of benzene rings is 2. The number of aryl methyl sites for hydroxylation is 2. The Labute approximate surface area is 159 Å². The number of nitrogens with zero attached hydrogens (tertiary/aromatic N) is 3. The summed E-state index contributed by atoms with van der Waals surface area (Å²) in [5.74, 6) is 0. The second-order valence-electron chi connectivity index (χ2n) is 6.63. The molecule has 0 aliphatic rings. The number of nitriles is 1. The van der Waals surface area contributed by atoms with Crippen molar-refractivity contribution in [2.45, 2.75) is 26.7 Å². The molecular formula is C24H21N3. The topological polar surface area (TPSA) is 41.6 Å². The molecule has 0 radical (unpaired) electrons. The number of hydrogen-bond donors (Lipinski definition) is 0. The molecule has 0 bridgehead atoms. The van der Waals surface area contributed by atoms with Gasteiger partial charge in [0, 0.05) is 22.8 Å². The molecule has 3 nitrogen and oxygen atoms in total. The minimum absolute atomic E-state index is 0.656. The lowest BCUT2D eigenvalue weighted by Gasteiger charge is -2.13. The summed E-state index contributed by atoms with van der Waals surface area (Å²) in [6, 6.07) is 20.6. The van der Waals surface area contributed by atoms with Crippen molar-refractivity contribution in [1.29, 1.82) is 5.26 Å². The Bertz CT molecular complexity index is 1140. The van der Waals surface area contributed by atoms with E-state index in [0.717, 1.165) is 35.1 Å². The molecule has 2 heterocycles. The van der Waals surface area contributed by atoms with Crippen LogP contribution in [0.4, 0.5) is 0 Å². The first-order valence-electron chi connectivity index (χ1n) is 9.34. The van der Waals surface area contributed by atoms with E-state index in [9.17, 15) is 0 Å². The Balaban J connectivity index is 1.86. The zero-order chi connectivity index (χ0) is 18.8. The second kappa shape index (κ2) is 7.09. The van der Waals surface area contributed by atoms with Crippen LogP contribution < -0.4 is 0 Å². The van der Waals surface area contributed by atoms with Crippen LogP contribution in [0, 0.1) is 11.3 Å². The highest BCUT2D eigenvalue weighted by Gasteiger charge is 2.12. The number of aromatic nitrogens is 2. The molecule has 2 aromatic carbocycles. The molecule has 27 heavy (non-hydrogen) atoms. The number of rotatable bonds is 4. The lowest BCUT2D eigenvalue weighted by Crippen LogP contribution is -1.97. The van der Waals surface area contributed by atoms with Crippen LogP contribution in [0.25, 0.3) is 27.8 Å². The van der Waals surface area contributed by atoms with Crippen molar-refractivity contribution in [3.63, 3.8) is 0 Å². The Hall–Kier alpha value is -3.38. The van der Waals surface area contributed by atoms with Crippen molar-refractivity contribution in [3.05, 3.63) is 83.7 Å². The molecule has 0 saturated carbocycles.